The summed E-state index contributed by atoms with van der Waals surface area (Å²) in [5, 5.41) is 5.78. The average Bonchev–Trinajstić information content (AvgIpc) is 2.47. The van der Waals surface area contributed by atoms with Crippen LogP contribution in [0.2, 0.25) is 0 Å². The zero-order valence-electron chi connectivity index (χ0n) is 12.7. The molecule has 6 heteroatoms. The Hall–Kier alpha value is -1.53. The maximum atomic E-state index is 11.7. The van der Waals surface area contributed by atoms with Crippen LogP contribution >= 0.6 is 11.8 Å². The highest BCUT2D eigenvalue weighted by Crippen LogP contribution is 2.28. The first-order valence-corrected chi connectivity index (χ1v) is 7.88. The molecule has 0 fully saturated rings. The van der Waals surface area contributed by atoms with E-state index in [1.54, 1.807) is 0 Å². The molecule has 2 amide bonds. The summed E-state index contributed by atoms with van der Waals surface area (Å²) in [6, 6.07) is 5.95. The van der Waals surface area contributed by atoms with E-state index in [4.69, 9.17) is 5.73 Å². The van der Waals surface area contributed by atoms with Gasteiger partial charge in [-0.15, -0.1) is 11.8 Å². The molecule has 116 valence electrons. The molecule has 0 spiro atoms. The second-order valence-corrected chi connectivity index (χ2v) is 6.35. The summed E-state index contributed by atoms with van der Waals surface area (Å²) in [4.78, 5) is 23.9. The average molecular weight is 309 g/mol. The zero-order valence-corrected chi connectivity index (χ0v) is 13.5. The quantitative estimate of drug-likeness (QED) is 0.672. The summed E-state index contributed by atoms with van der Waals surface area (Å²) in [5.74, 6) is -0.607. The largest absolute Gasteiger partial charge is 0.346 e. The minimum atomic E-state index is -0.345. The summed E-state index contributed by atoms with van der Waals surface area (Å²) in [6.45, 7) is 6.12. The van der Waals surface area contributed by atoms with Gasteiger partial charge in [-0.1, -0.05) is 13.8 Å². The van der Waals surface area contributed by atoms with Gasteiger partial charge in [0.1, 0.15) is 0 Å². The van der Waals surface area contributed by atoms with Gasteiger partial charge in [0, 0.05) is 15.8 Å². The number of nitrogens with two attached hydrogens (primary N) is 1. The first kappa shape index (κ1) is 17.5. The van der Waals surface area contributed by atoms with Crippen LogP contribution in [-0.4, -0.2) is 30.2 Å². The number of carbonyl (C=O) groups is 2. The Kier molecular flexibility index (Phi) is 7.25. The number of benzene rings is 1. The van der Waals surface area contributed by atoms with Crippen LogP contribution in [0.5, 0.6) is 0 Å². The molecule has 0 aromatic heterocycles. The van der Waals surface area contributed by atoms with Crippen LogP contribution in [0.25, 0.3) is 0 Å². The molecule has 5 nitrogen and oxygen atoms in total. The number of amides is 2. The van der Waals surface area contributed by atoms with E-state index in [1.165, 1.54) is 4.90 Å². The van der Waals surface area contributed by atoms with Crippen molar-refractivity contribution in [3.8, 4) is 0 Å². The highest BCUT2D eigenvalue weighted by molar-refractivity contribution is 7.99. The lowest BCUT2D eigenvalue weighted by atomic mass is 10.2. The Labute approximate surface area is 130 Å². The molecule has 21 heavy (non-hydrogen) atoms. The smallest absolute Gasteiger partial charge is 0.243 e. The molecule has 0 aliphatic rings. The molecule has 0 radical (unpaired) electrons. The monoisotopic (exact) mass is 309 g/mol. The third-order valence-corrected chi connectivity index (χ3v) is 4.28. The zero-order chi connectivity index (χ0) is 15.8. The van der Waals surface area contributed by atoms with Crippen LogP contribution < -0.4 is 16.4 Å². The number of carbonyl (C=O) groups excluding carboxylic acids is 2. The number of hydrogen-bond donors (Lipinski definition) is 3. The fraction of sp³-hybridized carbons (Fsp3) is 0.467. The SMILES string of the molecule is CCC(C)Sc1ccc(NC(=O)CNC(=O)CN)c(C)c1. The van der Waals surface area contributed by atoms with Crippen molar-refractivity contribution in [1.82, 2.24) is 5.32 Å². The molecule has 0 saturated heterocycles. The Morgan fingerprint density at radius 1 is 1.33 bits per heavy atom. The van der Waals surface area contributed by atoms with Gasteiger partial charge in [0.25, 0.3) is 0 Å². The highest BCUT2D eigenvalue weighted by Gasteiger charge is 2.08. The van der Waals surface area contributed by atoms with Gasteiger partial charge in [0.15, 0.2) is 0 Å². The molecule has 1 aromatic rings. The van der Waals surface area contributed by atoms with Crippen LogP contribution in [0.4, 0.5) is 5.69 Å². The summed E-state index contributed by atoms with van der Waals surface area (Å²) < 4.78 is 0. The van der Waals surface area contributed by atoms with Gasteiger partial charge < -0.3 is 16.4 Å². The molecular formula is C15H23N3O2S. The van der Waals surface area contributed by atoms with E-state index in [0.29, 0.717) is 5.25 Å². The number of hydrogen-bond acceptors (Lipinski definition) is 4. The molecule has 0 aliphatic carbocycles. The Bertz CT molecular complexity index is 506. The second kappa shape index (κ2) is 8.69. The molecule has 1 unspecified atom stereocenters. The predicted octanol–water partition coefficient (Wildman–Crippen LogP) is 1.90. The van der Waals surface area contributed by atoms with E-state index in [2.05, 4.69) is 30.5 Å². The molecule has 1 rings (SSSR count). The predicted molar refractivity (Wildman–Crippen MR) is 87.5 cm³/mol. The van der Waals surface area contributed by atoms with Crippen molar-refractivity contribution >= 4 is 29.3 Å². The van der Waals surface area contributed by atoms with E-state index < -0.39 is 0 Å². The summed E-state index contributed by atoms with van der Waals surface area (Å²) in [5.41, 5.74) is 6.92. The van der Waals surface area contributed by atoms with Gasteiger partial charge in [-0.25, -0.2) is 0 Å². The molecule has 0 heterocycles. The fourth-order valence-corrected chi connectivity index (χ4v) is 2.63. The molecule has 0 aliphatic heterocycles. The number of rotatable bonds is 7. The maximum Gasteiger partial charge on any atom is 0.243 e. The third kappa shape index (κ3) is 6.18. The minimum Gasteiger partial charge on any atom is -0.346 e. The standard InChI is InChI=1S/C15H23N3O2S/c1-4-11(3)21-12-5-6-13(10(2)7-12)18-15(20)9-17-14(19)8-16/h5-7,11H,4,8-9,16H2,1-3H3,(H,17,19)(H,18,20). The maximum absolute atomic E-state index is 11.7. The van der Waals surface area contributed by atoms with Crippen molar-refractivity contribution in [2.24, 2.45) is 5.73 Å². The highest BCUT2D eigenvalue weighted by atomic mass is 32.2. The van der Waals surface area contributed by atoms with Crippen molar-refractivity contribution in [3.05, 3.63) is 23.8 Å². The number of thioether (sulfide) groups is 1. The van der Waals surface area contributed by atoms with Crippen LogP contribution in [0.3, 0.4) is 0 Å². The normalized spacial score (nSPS) is 11.8. The lowest BCUT2D eigenvalue weighted by molar-refractivity contribution is -0.123. The van der Waals surface area contributed by atoms with Gasteiger partial charge >= 0.3 is 0 Å². The number of anilines is 1. The number of nitrogens with one attached hydrogen (secondary N) is 2. The Balaban J connectivity index is 2.60. The van der Waals surface area contributed by atoms with Crippen molar-refractivity contribution in [1.29, 1.82) is 0 Å². The van der Waals surface area contributed by atoms with E-state index in [-0.39, 0.29) is 24.9 Å². The lowest BCUT2D eigenvalue weighted by Gasteiger charge is -2.12. The van der Waals surface area contributed by atoms with E-state index in [1.807, 2.05) is 30.8 Å². The van der Waals surface area contributed by atoms with Gasteiger partial charge in [-0.2, -0.15) is 0 Å². The summed E-state index contributed by atoms with van der Waals surface area (Å²) >= 11 is 1.82. The van der Waals surface area contributed by atoms with Crippen LogP contribution in [-0.2, 0) is 9.59 Å². The third-order valence-electron chi connectivity index (χ3n) is 3.02. The van der Waals surface area contributed by atoms with E-state index in [0.717, 1.165) is 17.7 Å². The van der Waals surface area contributed by atoms with Crippen molar-refractivity contribution in [2.75, 3.05) is 18.4 Å². The van der Waals surface area contributed by atoms with Gasteiger partial charge in [-0.05, 0) is 37.1 Å². The van der Waals surface area contributed by atoms with Gasteiger partial charge in [0.05, 0.1) is 13.1 Å². The Morgan fingerprint density at radius 2 is 2.05 bits per heavy atom. The first-order chi connectivity index (χ1) is 9.96. The van der Waals surface area contributed by atoms with Crippen molar-refractivity contribution in [3.63, 3.8) is 0 Å². The van der Waals surface area contributed by atoms with Gasteiger partial charge in [-0.3, -0.25) is 9.59 Å². The first-order valence-electron chi connectivity index (χ1n) is 7.00. The Morgan fingerprint density at radius 3 is 2.62 bits per heavy atom. The van der Waals surface area contributed by atoms with Gasteiger partial charge in [0.2, 0.25) is 11.8 Å². The van der Waals surface area contributed by atoms with Crippen LogP contribution in [0, 0.1) is 6.92 Å². The van der Waals surface area contributed by atoms with E-state index in [9.17, 15) is 9.59 Å². The molecule has 0 saturated carbocycles. The molecule has 1 atom stereocenters. The van der Waals surface area contributed by atoms with Crippen LogP contribution in [0.15, 0.2) is 23.1 Å². The minimum absolute atomic E-state index is 0.0706. The number of aryl methyl sites for hydroxylation is 1. The van der Waals surface area contributed by atoms with E-state index >= 15 is 0 Å². The molecule has 4 N–H and O–H groups in total. The van der Waals surface area contributed by atoms with Crippen molar-refractivity contribution in [2.45, 2.75) is 37.3 Å². The molecule has 1 aromatic carbocycles. The summed E-state index contributed by atoms with van der Waals surface area (Å²) in [6.07, 6.45) is 1.11. The second-order valence-electron chi connectivity index (χ2n) is 4.84. The molecule has 0 bridgehead atoms. The fourth-order valence-electron chi connectivity index (χ4n) is 1.61. The summed E-state index contributed by atoms with van der Waals surface area (Å²) in [7, 11) is 0. The lowest BCUT2D eigenvalue weighted by Crippen LogP contribution is -2.36. The molecular weight excluding hydrogens is 286 g/mol. The van der Waals surface area contributed by atoms with Crippen molar-refractivity contribution < 1.29 is 9.59 Å². The van der Waals surface area contributed by atoms with Crippen LogP contribution in [0.1, 0.15) is 25.8 Å². The topological polar surface area (TPSA) is 84.2 Å².